The minimum Gasteiger partial charge on any atom is -0.496 e. The van der Waals surface area contributed by atoms with Gasteiger partial charge in [-0.2, -0.15) is 0 Å². The number of hydrogen-bond acceptors (Lipinski definition) is 8. The number of thiazole rings is 1. The summed E-state index contributed by atoms with van der Waals surface area (Å²) in [5.41, 5.74) is 0.558. The molecule has 0 atom stereocenters. The molecule has 158 valence electrons. The van der Waals surface area contributed by atoms with Crippen LogP contribution in [0.1, 0.15) is 20.8 Å². The molecule has 0 radical (unpaired) electrons. The van der Waals surface area contributed by atoms with Crippen molar-refractivity contribution in [2.75, 3.05) is 60.5 Å². The average molecular weight is 423 g/mol. The van der Waals surface area contributed by atoms with Crippen LogP contribution in [0.3, 0.4) is 0 Å². The summed E-state index contributed by atoms with van der Waals surface area (Å²) in [7, 11) is 9.91. The van der Waals surface area contributed by atoms with Crippen molar-refractivity contribution >= 4 is 28.3 Å². The second-order valence-electron chi connectivity index (χ2n) is 6.35. The van der Waals surface area contributed by atoms with Crippen molar-refractivity contribution in [2.45, 2.75) is 0 Å². The van der Waals surface area contributed by atoms with Crippen LogP contribution in [0, 0.1) is 0 Å². The van der Waals surface area contributed by atoms with E-state index in [9.17, 15) is 9.59 Å². The van der Waals surface area contributed by atoms with Crippen LogP contribution in [-0.4, -0.2) is 77.3 Å². The number of likely N-dealkylation sites (N-methyl/N-ethyl adjacent to an activating group) is 1. The molecule has 2 aromatic rings. The molecule has 0 aliphatic heterocycles. The molecule has 0 aliphatic carbocycles. The third-order valence-corrected chi connectivity index (χ3v) is 5.01. The molecule has 0 unspecified atom stereocenters. The minimum atomic E-state index is -0.350. The first-order valence-electron chi connectivity index (χ1n) is 8.78. The number of ether oxygens (including phenoxy) is 3. The third kappa shape index (κ3) is 5.36. The van der Waals surface area contributed by atoms with Crippen molar-refractivity contribution in [3.8, 4) is 17.2 Å². The summed E-state index contributed by atoms with van der Waals surface area (Å²) < 4.78 is 15.9. The molecule has 0 fully saturated rings. The maximum atomic E-state index is 13.0. The van der Waals surface area contributed by atoms with E-state index in [0.717, 1.165) is 6.54 Å². The van der Waals surface area contributed by atoms with E-state index in [0.29, 0.717) is 34.5 Å². The standard InChI is InChI=1S/C19H26N4O5S/c1-22(2)8-7-20-17(24)13-11-29-19(21-13)23(3)18(25)12-9-15(27-5)16(28-6)10-14(12)26-4/h9-11H,7-8H2,1-6H3,(H,20,24). The fourth-order valence-corrected chi connectivity index (χ4v) is 3.24. The van der Waals surface area contributed by atoms with E-state index in [4.69, 9.17) is 14.2 Å². The van der Waals surface area contributed by atoms with Gasteiger partial charge in [-0.3, -0.25) is 14.5 Å². The Bertz CT molecular complexity index is 868. The van der Waals surface area contributed by atoms with Crippen molar-refractivity contribution < 1.29 is 23.8 Å². The van der Waals surface area contributed by atoms with Crippen molar-refractivity contribution in [1.82, 2.24) is 15.2 Å². The third-order valence-electron chi connectivity index (χ3n) is 4.10. The first kappa shape index (κ1) is 22.4. The number of methoxy groups -OCH3 is 3. The van der Waals surface area contributed by atoms with Gasteiger partial charge in [-0.25, -0.2) is 4.98 Å². The van der Waals surface area contributed by atoms with Crippen molar-refractivity contribution in [2.24, 2.45) is 0 Å². The largest absolute Gasteiger partial charge is 0.496 e. The molecule has 1 heterocycles. The van der Waals surface area contributed by atoms with Crippen LogP contribution in [0.5, 0.6) is 17.2 Å². The number of aromatic nitrogens is 1. The lowest BCUT2D eigenvalue weighted by Crippen LogP contribution is -2.31. The number of anilines is 1. The average Bonchev–Trinajstić information content (AvgIpc) is 3.21. The number of nitrogens with one attached hydrogen (secondary N) is 1. The van der Waals surface area contributed by atoms with Gasteiger partial charge in [-0.1, -0.05) is 0 Å². The Labute approximate surface area is 174 Å². The van der Waals surface area contributed by atoms with Crippen LogP contribution in [0.15, 0.2) is 17.5 Å². The van der Waals surface area contributed by atoms with Crippen LogP contribution in [0.2, 0.25) is 0 Å². The highest BCUT2D eigenvalue weighted by atomic mass is 32.1. The van der Waals surface area contributed by atoms with Gasteiger partial charge in [0.05, 0.1) is 26.9 Å². The van der Waals surface area contributed by atoms with Gasteiger partial charge in [0.2, 0.25) is 0 Å². The Hall–Kier alpha value is -2.85. The summed E-state index contributed by atoms with van der Waals surface area (Å²) in [6.45, 7) is 1.23. The van der Waals surface area contributed by atoms with Crippen LogP contribution in [0.25, 0.3) is 0 Å². The lowest BCUT2D eigenvalue weighted by atomic mass is 10.1. The highest BCUT2D eigenvalue weighted by Gasteiger charge is 2.24. The van der Waals surface area contributed by atoms with Crippen LogP contribution >= 0.6 is 11.3 Å². The van der Waals surface area contributed by atoms with Gasteiger partial charge in [0.25, 0.3) is 11.8 Å². The van der Waals surface area contributed by atoms with Gasteiger partial charge in [0, 0.05) is 37.6 Å². The summed E-state index contributed by atoms with van der Waals surface area (Å²) in [6, 6.07) is 3.14. The molecule has 0 aliphatic rings. The number of nitrogens with zero attached hydrogens (tertiary/aromatic N) is 3. The zero-order valence-corrected chi connectivity index (χ0v) is 18.3. The summed E-state index contributed by atoms with van der Waals surface area (Å²) in [4.78, 5) is 32.9. The molecule has 2 amide bonds. The molecular weight excluding hydrogens is 396 g/mol. The highest BCUT2D eigenvalue weighted by molar-refractivity contribution is 7.14. The normalized spacial score (nSPS) is 10.6. The van der Waals surface area contributed by atoms with Gasteiger partial charge >= 0.3 is 0 Å². The molecule has 1 aromatic carbocycles. The van der Waals surface area contributed by atoms with E-state index >= 15 is 0 Å². The smallest absolute Gasteiger partial charge is 0.270 e. The van der Waals surface area contributed by atoms with Crippen LogP contribution < -0.4 is 24.4 Å². The molecule has 0 saturated carbocycles. The molecule has 2 rings (SSSR count). The zero-order chi connectivity index (χ0) is 21.6. The molecule has 10 heteroatoms. The Morgan fingerprint density at radius 1 is 1.03 bits per heavy atom. The van der Waals surface area contributed by atoms with Gasteiger partial charge in [0.15, 0.2) is 16.6 Å². The molecule has 0 spiro atoms. The van der Waals surface area contributed by atoms with E-state index in [1.54, 1.807) is 24.6 Å². The molecular formula is C19H26N4O5S. The molecule has 1 aromatic heterocycles. The molecule has 0 bridgehead atoms. The topological polar surface area (TPSA) is 93.2 Å². The van der Waals surface area contributed by atoms with Crippen LogP contribution in [0.4, 0.5) is 5.13 Å². The number of amides is 2. The lowest BCUT2D eigenvalue weighted by molar-refractivity contribution is 0.0943. The second-order valence-corrected chi connectivity index (χ2v) is 7.18. The maximum absolute atomic E-state index is 13.0. The van der Waals surface area contributed by atoms with E-state index < -0.39 is 0 Å². The molecule has 9 nitrogen and oxygen atoms in total. The number of rotatable bonds is 9. The van der Waals surface area contributed by atoms with E-state index in [1.807, 2.05) is 19.0 Å². The van der Waals surface area contributed by atoms with E-state index in [2.05, 4.69) is 10.3 Å². The number of carbonyl (C=O) groups is 2. The van der Waals surface area contributed by atoms with Crippen molar-refractivity contribution in [1.29, 1.82) is 0 Å². The van der Waals surface area contributed by atoms with Gasteiger partial charge < -0.3 is 24.4 Å². The van der Waals surface area contributed by atoms with Gasteiger partial charge in [-0.05, 0) is 14.1 Å². The van der Waals surface area contributed by atoms with E-state index in [-0.39, 0.29) is 17.5 Å². The quantitative estimate of drug-likeness (QED) is 0.658. The van der Waals surface area contributed by atoms with Crippen LogP contribution in [-0.2, 0) is 0 Å². The predicted molar refractivity (Wildman–Crippen MR) is 112 cm³/mol. The first-order chi connectivity index (χ1) is 13.8. The zero-order valence-electron chi connectivity index (χ0n) is 17.4. The SMILES string of the molecule is COc1cc(OC)c(C(=O)N(C)c2nc(C(=O)NCCN(C)C)cs2)cc1OC. The molecule has 29 heavy (non-hydrogen) atoms. The maximum Gasteiger partial charge on any atom is 0.270 e. The lowest BCUT2D eigenvalue weighted by Gasteiger charge is -2.18. The van der Waals surface area contributed by atoms with Gasteiger partial charge in [-0.15, -0.1) is 11.3 Å². The number of hydrogen-bond donors (Lipinski definition) is 1. The summed E-state index contributed by atoms with van der Waals surface area (Å²) in [5, 5.41) is 4.81. The van der Waals surface area contributed by atoms with Crippen molar-refractivity contribution in [3.05, 3.63) is 28.8 Å². The molecule has 0 saturated heterocycles. The fraction of sp³-hybridized carbons (Fsp3) is 0.421. The predicted octanol–water partition coefficient (Wildman–Crippen LogP) is 1.74. The second kappa shape index (κ2) is 10.1. The molecule has 1 N–H and O–H groups in total. The van der Waals surface area contributed by atoms with Gasteiger partial charge in [0.1, 0.15) is 11.4 Å². The Morgan fingerprint density at radius 2 is 1.66 bits per heavy atom. The van der Waals surface area contributed by atoms with Crippen molar-refractivity contribution in [3.63, 3.8) is 0 Å². The number of benzene rings is 1. The minimum absolute atomic E-state index is 0.266. The summed E-state index contributed by atoms with van der Waals surface area (Å²) in [5.74, 6) is 0.577. The number of carbonyl (C=O) groups excluding carboxylic acids is 2. The van der Waals surface area contributed by atoms with E-state index in [1.165, 1.54) is 37.6 Å². The monoisotopic (exact) mass is 422 g/mol. The Kier molecular flexibility index (Phi) is 7.80. The Morgan fingerprint density at radius 3 is 2.24 bits per heavy atom. The fourth-order valence-electron chi connectivity index (χ4n) is 2.47. The highest BCUT2D eigenvalue weighted by Crippen LogP contribution is 2.35. The Balaban J connectivity index is 2.21. The summed E-state index contributed by atoms with van der Waals surface area (Å²) >= 11 is 1.21. The first-order valence-corrected chi connectivity index (χ1v) is 9.66. The summed E-state index contributed by atoms with van der Waals surface area (Å²) in [6.07, 6.45) is 0.